The maximum atomic E-state index is 12.1. The second kappa shape index (κ2) is 7.89. The Balaban J connectivity index is 1.86. The maximum Gasteiger partial charge on any atom is 0.281 e. The van der Waals surface area contributed by atoms with Gasteiger partial charge in [0.25, 0.3) is 10.2 Å². The van der Waals surface area contributed by atoms with Crippen LogP contribution in [0.15, 0.2) is 12.4 Å². The van der Waals surface area contributed by atoms with Gasteiger partial charge in [-0.1, -0.05) is 0 Å². The minimum Gasteiger partial charge on any atom is -0.367 e. The molecule has 0 atom stereocenters. The zero-order chi connectivity index (χ0) is 16.9. The number of rotatable bonds is 7. The summed E-state index contributed by atoms with van der Waals surface area (Å²) < 4.78 is 27.0. The van der Waals surface area contributed by atoms with E-state index >= 15 is 0 Å². The molecule has 1 aromatic heterocycles. The third-order valence-electron chi connectivity index (χ3n) is 3.96. The summed E-state index contributed by atoms with van der Waals surface area (Å²) in [7, 11) is -0.153. The SMILES string of the molecule is CCNc1nccnc1NCC1CCN(S(=O)(=O)N(C)C)CC1. The Bertz CT molecular complexity index is 599. The highest BCUT2D eigenvalue weighted by molar-refractivity contribution is 7.86. The summed E-state index contributed by atoms with van der Waals surface area (Å²) in [6.07, 6.45) is 5.01. The van der Waals surface area contributed by atoms with Crippen LogP contribution in [0.4, 0.5) is 11.6 Å². The molecule has 2 heterocycles. The third kappa shape index (κ3) is 4.52. The van der Waals surface area contributed by atoms with Crippen LogP contribution in [0.25, 0.3) is 0 Å². The molecule has 1 aliphatic rings. The Morgan fingerprint density at radius 1 is 1.17 bits per heavy atom. The molecule has 0 unspecified atom stereocenters. The van der Waals surface area contributed by atoms with Crippen molar-refractivity contribution in [2.45, 2.75) is 19.8 Å². The minimum absolute atomic E-state index is 0.431. The Morgan fingerprint density at radius 2 is 1.74 bits per heavy atom. The summed E-state index contributed by atoms with van der Waals surface area (Å²) in [5.41, 5.74) is 0. The predicted octanol–water partition coefficient (Wildman–Crippen LogP) is 0.839. The minimum atomic E-state index is -3.29. The molecule has 9 heteroatoms. The van der Waals surface area contributed by atoms with Crippen molar-refractivity contribution in [2.75, 3.05) is 50.9 Å². The average Bonchev–Trinajstić information content (AvgIpc) is 2.54. The topological polar surface area (TPSA) is 90.5 Å². The van der Waals surface area contributed by atoms with Gasteiger partial charge >= 0.3 is 0 Å². The molecule has 0 amide bonds. The van der Waals surface area contributed by atoms with Crippen LogP contribution in [0, 0.1) is 5.92 Å². The molecule has 2 N–H and O–H groups in total. The first-order valence-corrected chi connectivity index (χ1v) is 9.31. The normalized spacial score (nSPS) is 17.4. The van der Waals surface area contributed by atoms with Crippen LogP contribution in [0.3, 0.4) is 0 Å². The van der Waals surface area contributed by atoms with E-state index in [4.69, 9.17) is 0 Å². The molecule has 2 rings (SSSR count). The van der Waals surface area contributed by atoms with Gasteiger partial charge in [0, 0.05) is 52.7 Å². The number of nitrogens with one attached hydrogen (secondary N) is 2. The molecule has 0 spiro atoms. The molecular weight excluding hydrogens is 316 g/mol. The fourth-order valence-electron chi connectivity index (χ4n) is 2.58. The van der Waals surface area contributed by atoms with Crippen LogP contribution in [0.1, 0.15) is 19.8 Å². The number of hydrogen-bond donors (Lipinski definition) is 2. The van der Waals surface area contributed by atoms with Gasteiger partial charge in [-0.3, -0.25) is 0 Å². The first-order valence-electron chi connectivity index (χ1n) is 7.91. The summed E-state index contributed by atoms with van der Waals surface area (Å²) in [4.78, 5) is 8.58. The number of piperidine rings is 1. The molecule has 0 aromatic carbocycles. The van der Waals surface area contributed by atoms with E-state index in [9.17, 15) is 8.42 Å². The van der Waals surface area contributed by atoms with Gasteiger partial charge in [-0.05, 0) is 25.7 Å². The van der Waals surface area contributed by atoms with Crippen LogP contribution in [0.5, 0.6) is 0 Å². The van der Waals surface area contributed by atoms with Crippen molar-refractivity contribution in [1.82, 2.24) is 18.6 Å². The van der Waals surface area contributed by atoms with Crippen LogP contribution in [-0.4, -0.2) is 67.3 Å². The Morgan fingerprint density at radius 3 is 2.26 bits per heavy atom. The van der Waals surface area contributed by atoms with Crippen molar-refractivity contribution in [3.63, 3.8) is 0 Å². The highest BCUT2D eigenvalue weighted by Crippen LogP contribution is 2.22. The lowest BCUT2D eigenvalue weighted by Gasteiger charge is -2.32. The predicted molar refractivity (Wildman–Crippen MR) is 91.6 cm³/mol. The fourth-order valence-corrected chi connectivity index (χ4v) is 3.71. The second-order valence-corrected chi connectivity index (χ2v) is 7.94. The van der Waals surface area contributed by atoms with E-state index in [0.717, 1.165) is 37.6 Å². The van der Waals surface area contributed by atoms with Crippen molar-refractivity contribution in [3.8, 4) is 0 Å². The Labute approximate surface area is 138 Å². The van der Waals surface area contributed by atoms with Crippen molar-refractivity contribution >= 4 is 21.8 Å². The summed E-state index contributed by atoms with van der Waals surface area (Å²) in [6.45, 7) is 4.70. The van der Waals surface area contributed by atoms with Gasteiger partial charge in [0.1, 0.15) is 0 Å². The number of anilines is 2. The van der Waals surface area contributed by atoms with Crippen molar-refractivity contribution < 1.29 is 8.42 Å². The first-order chi connectivity index (χ1) is 10.9. The molecule has 1 fully saturated rings. The average molecular weight is 342 g/mol. The molecule has 23 heavy (non-hydrogen) atoms. The van der Waals surface area contributed by atoms with Crippen molar-refractivity contribution in [3.05, 3.63) is 12.4 Å². The quantitative estimate of drug-likeness (QED) is 0.763. The first kappa shape index (κ1) is 17.9. The lowest BCUT2D eigenvalue weighted by atomic mass is 9.98. The largest absolute Gasteiger partial charge is 0.367 e. The van der Waals surface area contributed by atoms with Crippen LogP contribution < -0.4 is 10.6 Å². The maximum absolute atomic E-state index is 12.1. The van der Waals surface area contributed by atoms with Crippen molar-refractivity contribution in [2.24, 2.45) is 5.92 Å². The highest BCUT2D eigenvalue weighted by Gasteiger charge is 2.29. The van der Waals surface area contributed by atoms with Gasteiger partial charge in [0.2, 0.25) is 0 Å². The number of nitrogens with zero attached hydrogens (tertiary/aromatic N) is 4. The zero-order valence-corrected chi connectivity index (χ0v) is 14.8. The van der Waals surface area contributed by atoms with Gasteiger partial charge in [-0.25, -0.2) is 9.97 Å². The van der Waals surface area contributed by atoms with Crippen LogP contribution >= 0.6 is 0 Å². The lowest BCUT2D eigenvalue weighted by Crippen LogP contribution is -2.45. The second-order valence-electron chi connectivity index (χ2n) is 5.80. The van der Waals surface area contributed by atoms with Crippen molar-refractivity contribution in [1.29, 1.82) is 0 Å². The smallest absolute Gasteiger partial charge is 0.281 e. The van der Waals surface area contributed by atoms with E-state index in [1.807, 2.05) is 6.92 Å². The van der Waals surface area contributed by atoms with Crippen LogP contribution in [0.2, 0.25) is 0 Å². The van der Waals surface area contributed by atoms with E-state index in [1.165, 1.54) is 4.31 Å². The van der Waals surface area contributed by atoms with E-state index in [1.54, 1.807) is 30.8 Å². The van der Waals surface area contributed by atoms with E-state index < -0.39 is 10.2 Å². The molecule has 1 saturated heterocycles. The van der Waals surface area contributed by atoms with Gasteiger partial charge in [-0.15, -0.1) is 0 Å². The highest BCUT2D eigenvalue weighted by atomic mass is 32.2. The van der Waals surface area contributed by atoms with Gasteiger partial charge in [0.05, 0.1) is 0 Å². The zero-order valence-electron chi connectivity index (χ0n) is 14.0. The molecule has 0 radical (unpaired) electrons. The molecule has 1 aliphatic heterocycles. The Hall–Kier alpha value is -1.45. The molecule has 0 saturated carbocycles. The molecular formula is C14H26N6O2S. The van der Waals surface area contributed by atoms with Gasteiger partial charge < -0.3 is 10.6 Å². The van der Waals surface area contributed by atoms with Gasteiger partial charge in [-0.2, -0.15) is 17.0 Å². The lowest BCUT2D eigenvalue weighted by molar-refractivity contribution is 0.270. The molecule has 0 aliphatic carbocycles. The fraction of sp³-hybridized carbons (Fsp3) is 0.714. The summed E-state index contributed by atoms with van der Waals surface area (Å²) in [5.74, 6) is 1.93. The van der Waals surface area contributed by atoms with E-state index in [2.05, 4.69) is 20.6 Å². The summed E-state index contributed by atoms with van der Waals surface area (Å²) in [5, 5.41) is 6.50. The Kier molecular flexibility index (Phi) is 6.14. The van der Waals surface area contributed by atoms with Crippen LogP contribution in [-0.2, 0) is 10.2 Å². The number of hydrogen-bond acceptors (Lipinski definition) is 6. The monoisotopic (exact) mass is 342 g/mol. The summed E-state index contributed by atoms with van der Waals surface area (Å²) in [6, 6.07) is 0. The summed E-state index contributed by atoms with van der Waals surface area (Å²) >= 11 is 0. The number of aromatic nitrogens is 2. The van der Waals surface area contributed by atoms with E-state index in [-0.39, 0.29) is 0 Å². The molecule has 1 aromatic rings. The standard InChI is InChI=1S/C14H26N6O2S/c1-4-15-13-14(17-8-7-16-13)18-11-12-5-9-20(10-6-12)23(21,22)19(2)3/h7-8,12H,4-6,9-11H2,1-3H3,(H,15,16)(H,17,18). The van der Waals surface area contributed by atoms with Gasteiger partial charge in [0.15, 0.2) is 11.6 Å². The molecule has 0 bridgehead atoms. The molecule has 130 valence electrons. The third-order valence-corrected chi connectivity index (χ3v) is 5.90. The molecule has 8 nitrogen and oxygen atoms in total. The van der Waals surface area contributed by atoms with E-state index in [0.29, 0.717) is 19.0 Å².